The molecule has 0 spiro atoms. The molecule has 1 aromatic carbocycles. The van der Waals surface area contributed by atoms with E-state index in [-0.39, 0.29) is 6.04 Å². The summed E-state index contributed by atoms with van der Waals surface area (Å²) in [5.41, 5.74) is 8.22. The van der Waals surface area contributed by atoms with E-state index in [9.17, 15) is 0 Å². The van der Waals surface area contributed by atoms with Crippen LogP contribution in [-0.4, -0.2) is 12.5 Å². The van der Waals surface area contributed by atoms with Crippen LogP contribution in [0.15, 0.2) is 18.2 Å². The molecule has 3 heteroatoms. The van der Waals surface area contributed by atoms with Gasteiger partial charge in [-0.15, -0.1) is 11.6 Å². The van der Waals surface area contributed by atoms with E-state index in [0.29, 0.717) is 12.5 Å². The van der Waals surface area contributed by atoms with Gasteiger partial charge in [0.2, 0.25) is 0 Å². The Balaban J connectivity index is 2.81. The van der Waals surface area contributed by atoms with Crippen molar-refractivity contribution >= 4 is 11.6 Å². The second-order valence-electron chi connectivity index (χ2n) is 3.54. The molecule has 0 aliphatic carbocycles. The number of benzene rings is 1. The van der Waals surface area contributed by atoms with Gasteiger partial charge in [-0.25, -0.2) is 0 Å². The molecule has 0 aliphatic heterocycles. The van der Waals surface area contributed by atoms with Crippen molar-refractivity contribution in [3.63, 3.8) is 0 Å². The Kier molecular flexibility index (Phi) is 4.92. The summed E-state index contributed by atoms with van der Waals surface area (Å²) in [6.45, 7) is 4.70. The SMILES string of the molecule is CCOc1ccc(C(N)CCCl)cc1C. The summed E-state index contributed by atoms with van der Waals surface area (Å²) in [5.74, 6) is 1.52. The molecule has 0 heterocycles. The third kappa shape index (κ3) is 3.40. The molecule has 0 aliphatic rings. The van der Waals surface area contributed by atoms with Gasteiger partial charge in [0.15, 0.2) is 0 Å². The van der Waals surface area contributed by atoms with Gasteiger partial charge in [0, 0.05) is 11.9 Å². The molecule has 0 amide bonds. The molecular formula is C12H18ClNO. The predicted molar refractivity (Wildman–Crippen MR) is 64.6 cm³/mol. The summed E-state index contributed by atoms with van der Waals surface area (Å²) in [6, 6.07) is 6.08. The number of hydrogen-bond donors (Lipinski definition) is 1. The zero-order valence-electron chi connectivity index (χ0n) is 9.29. The van der Waals surface area contributed by atoms with Gasteiger partial charge in [-0.2, -0.15) is 0 Å². The molecule has 15 heavy (non-hydrogen) atoms. The van der Waals surface area contributed by atoms with E-state index in [1.54, 1.807) is 0 Å². The largest absolute Gasteiger partial charge is 0.494 e. The molecule has 0 aromatic heterocycles. The maximum absolute atomic E-state index is 5.97. The Morgan fingerprint density at radius 2 is 2.20 bits per heavy atom. The van der Waals surface area contributed by atoms with E-state index in [4.69, 9.17) is 22.1 Å². The van der Waals surface area contributed by atoms with Crippen LogP contribution in [0.3, 0.4) is 0 Å². The van der Waals surface area contributed by atoms with Crippen LogP contribution < -0.4 is 10.5 Å². The maximum atomic E-state index is 5.97. The summed E-state index contributed by atoms with van der Waals surface area (Å²) in [4.78, 5) is 0. The average molecular weight is 228 g/mol. The Bertz CT molecular complexity index is 314. The van der Waals surface area contributed by atoms with Crippen LogP contribution in [0.25, 0.3) is 0 Å². The highest BCUT2D eigenvalue weighted by Crippen LogP contribution is 2.23. The third-order valence-electron chi connectivity index (χ3n) is 2.35. The highest BCUT2D eigenvalue weighted by molar-refractivity contribution is 6.17. The first kappa shape index (κ1) is 12.3. The second kappa shape index (κ2) is 5.99. The van der Waals surface area contributed by atoms with Crippen LogP contribution in [0.4, 0.5) is 0 Å². The molecule has 0 saturated carbocycles. The number of nitrogens with two attached hydrogens (primary N) is 1. The highest BCUT2D eigenvalue weighted by atomic mass is 35.5. The first-order chi connectivity index (χ1) is 7.19. The van der Waals surface area contributed by atoms with Crippen molar-refractivity contribution in [3.8, 4) is 5.75 Å². The summed E-state index contributed by atoms with van der Waals surface area (Å²) in [5, 5.41) is 0. The minimum absolute atomic E-state index is 0.0249. The van der Waals surface area contributed by atoms with Crippen LogP contribution in [0.5, 0.6) is 5.75 Å². The van der Waals surface area contributed by atoms with Gasteiger partial charge < -0.3 is 10.5 Å². The second-order valence-corrected chi connectivity index (χ2v) is 3.92. The number of halogens is 1. The normalized spacial score (nSPS) is 12.5. The molecular weight excluding hydrogens is 210 g/mol. The number of ether oxygens (including phenoxy) is 1. The summed E-state index contributed by atoms with van der Waals surface area (Å²) < 4.78 is 5.46. The zero-order valence-corrected chi connectivity index (χ0v) is 10.1. The fourth-order valence-corrected chi connectivity index (χ4v) is 1.74. The Morgan fingerprint density at radius 3 is 2.73 bits per heavy atom. The van der Waals surface area contributed by atoms with E-state index in [2.05, 4.69) is 6.07 Å². The lowest BCUT2D eigenvalue weighted by Crippen LogP contribution is -2.11. The van der Waals surface area contributed by atoms with Gasteiger partial charge in [-0.3, -0.25) is 0 Å². The van der Waals surface area contributed by atoms with Gasteiger partial charge in [-0.05, 0) is 37.5 Å². The monoisotopic (exact) mass is 227 g/mol. The summed E-state index contributed by atoms with van der Waals surface area (Å²) in [7, 11) is 0. The fraction of sp³-hybridized carbons (Fsp3) is 0.500. The molecule has 84 valence electrons. The van der Waals surface area contributed by atoms with Crippen LogP contribution in [0, 0.1) is 6.92 Å². The summed E-state index contributed by atoms with van der Waals surface area (Å²) in [6.07, 6.45) is 0.801. The fourth-order valence-electron chi connectivity index (χ4n) is 1.50. The van der Waals surface area contributed by atoms with Crippen LogP contribution in [0.2, 0.25) is 0 Å². The molecule has 0 fully saturated rings. The van der Waals surface area contributed by atoms with Crippen molar-refractivity contribution in [1.82, 2.24) is 0 Å². The molecule has 2 nitrogen and oxygen atoms in total. The van der Waals surface area contributed by atoms with Crippen molar-refractivity contribution in [2.75, 3.05) is 12.5 Å². The van der Waals surface area contributed by atoms with Gasteiger partial charge in [-0.1, -0.05) is 12.1 Å². The lowest BCUT2D eigenvalue weighted by Gasteiger charge is -2.13. The molecule has 1 atom stereocenters. The topological polar surface area (TPSA) is 35.2 Å². The van der Waals surface area contributed by atoms with E-state index in [0.717, 1.165) is 23.3 Å². The Hall–Kier alpha value is -0.730. The van der Waals surface area contributed by atoms with E-state index < -0.39 is 0 Å². The minimum Gasteiger partial charge on any atom is -0.494 e. The Morgan fingerprint density at radius 1 is 1.47 bits per heavy atom. The number of alkyl halides is 1. The molecule has 1 rings (SSSR count). The first-order valence-electron chi connectivity index (χ1n) is 5.24. The van der Waals surface area contributed by atoms with Crippen LogP contribution in [0.1, 0.15) is 30.5 Å². The molecule has 1 unspecified atom stereocenters. The van der Waals surface area contributed by atoms with Crippen molar-refractivity contribution < 1.29 is 4.74 Å². The van der Waals surface area contributed by atoms with Gasteiger partial charge >= 0.3 is 0 Å². The highest BCUT2D eigenvalue weighted by Gasteiger charge is 2.07. The standard InChI is InChI=1S/C12H18ClNO/c1-3-15-12-5-4-10(8-9(12)2)11(14)6-7-13/h4-5,8,11H,3,6-7,14H2,1-2H3. The third-order valence-corrected chi connectivity index (χ3v) is 2.57. The quantitative estimate of drug-likeness (QED) is 0.785. The van der Waals surface area contributed by atoms with Crippen molar-refractivity contribution in [3.05, 3.63) is 29.3 Å². The smallest absolute Gasteiger partial charge is 0.122 e. The van der Waals surface area contributed by atoms with E-state index in [1.807, 2.05) is 26.0 Å². The van der Waals surface area contributed by atoms with Crippen LogP contribution in [-0.2, 0) is 0 Å². The van der Waals surface area contributed by atoms with Crippen molar-refractivity contribution in [2.45, 2.75) is 26.3 Å². The molecule has 0 saturated heterocycles. The Labute approximate surface area is 96.4 Å². The number of aryl methyl sites for hydroxylation is 1. The lowest BCUT2D eigenvalue weighted by atomic mass is 10.0. The number of rotatable bonds is 5. The number of hydrogen-bond acceptors (Lipinski definition) is 2. The maximum Gasteiger partial charge on any atom is 0.122 e. The van der Waals surface area contributed by atoms with E-state index >= 15 is 0 Å². The zero-order chi connectivity index (χ0) is 11.3. The molecule has 0 bridgehead atoms. The van der Waals surface area contributed by atoms with Crippen molar-refractivity contribution in [2.24, 2.45) is 5.73 Å². The molecule has 1 aromatic rings. The van der Waals surface area contributed by atoms with Gasteiger partial charge in [0.25, 0.3) is 0 Å². The molecule has 2 N–H and O–H groups in total. The first-order valence-corrected chi connectivity index (χ1v) is 5.77. The van der Waals surface area contributed by atoms with Crippen LogP contribution >= 0.6 is 11.6 Å². The van der Waals surface area contributed by atoms with Gasteiger partial charge in [0.05, 0.1) is 6.61 Å². The van der Waals surface area contributed by atoms with Crippen molar-refractivity contribution in [1.29, 1.82) is 0 Å². The predicted octanol–water partition coefficient (Wildman–Crippen LogP) is 3.02. The van der Waals surface area contributed by atoms with Gasteiger partial charge in [0.1, 0.15) is 5.75 Å². The average Bonchev–Trinajstić information content (AvgIpc) is 2.21. The molecule has 0 radical (unpaired) electrons. The lowest BCUT2D eigenvalue weighted by molar-refractivity contribution is 0.337. The van der Waals surface area contributed by atoms with E-state index in [1.165, 1.54) is 0 Å². The minimum atomic E-state index is 0.0249. The summed E-state index contributed by atoms with van der Waals surface area (Å²) >= 11 is 5.66.